The Bertz CT molecular complexity index is 1420. The Labute approximate surface area is 245 Å². The van der Waals surface area contributed by atoms with E-state index in [1.165, 1.54) is 5.56 Å². The predicted octanol–water partition coefficient (Wildman–Crippen LogP) is 6.81. The highest BCUT2D eigenvalue weighted by Gasteiger charge is 2.36. The maximum absolute atomic E-state index is 13.0. The average molecular weight is 626 g/mol. The number of hydrogen-bond donors (Lipinski definition) is 1. The molecule has 0 saturated carbocycles. The van der Waals surface area contributed by atoms with Crippen LogP contribution in [0.5, 0.6) is 17.2 Å². The quantitative estimate of drug-likeness (QED) is 0.234. The highest BCUT2D eigenvalue weighted by Crippen LogP contribution is 2.39. The van der Waals surface area contributed by atoms with Crippen molar-refractivity contribution in [1.82, 2.24) is 4.90 Å². The topological polar surface area (TPSA) is 94.2 Å². The maximum atomic E-state index is 13.0. The first-order valence-electron chi connectivity index (χ1n) is 12.7. The van der Waals surface area contributed by atoms with Crippen LogP contribution in [0, 0.1) is 6.92 Å². The second kappa shape index (κ2) is 13.5. The van der Waals surface area contributed by atoms with Gasteiger partial charge >= 0.3 is 0 Å². The van der Waals surface area contributed by atoms with E-state index >= 15 is 0 Å². The van der Waals surface area contributed by atoms with Crippen LogP contribution >= 0.6 is 27.7 Å². The van der Waals surface area contributed by atoms with E-state index < -0.39 is 23.6 Å². The normalized spacial score (nSPS) is 14.0. The largest absolute Gasteiger partial charge is 0.494 e. The first-order valence-corrected chi connectivity index (χ1v) is 14.3. The lowest BCUT2D eigenvalue weighted by molar-refractivity contribution is -0.127. The molecule has 1 N–H and O–H groups in total. The van der Waals surface area contributed by atoms with Crippen molar-refractivity contribution in [3.05, 3.63) is 86.7 Å². The smallest absolute Gasteiger partial charge is 0.294 e. The zero-order valence-corrected chi connectivity index (χ0v) is 24.8. The van der Waals surface area contributed by atoms with Gasteiger partial charge < -0.3 is 19.5 Å². The molecular weight excluding hydrogens is 596 g/mol. The van der Waals surface area contributed by atoms with E-state index in [0.717, 1.165) is 22.2 Å². The van der Waals surface area contributed by atoms with Gasteiger partial charge in [0, 0.05) is 5.69 Å². The van der Waals surface area contributed by atoms with Crippen molar-refractivity contribution in [1.29, 1.82) is 0 Å². The molecule has 4 rings (SSSR count). The third-order valence-electron chi connectivity index (χ3n) is 5.76. The van der Waals surface area contributed by atoms with Crippen LogP contribution in [-0.2, 0) is 16.2 Å². The van der Waals surface area contributed by atoms with E-state index in [1.54, 1.807) is 42.5 Å². The minimum absolute atomic E-state index is 0.210. The molecule has 40 heavy (non-hydrogen) atoms. The molecule has 0 spiro atoms. The number of thioether (sulfide) groups is 1. The molecule has 1 saturated heterocycles. The van der Waals surface area contributed by atoms with Gasteiger partial charge in [-0.1, -0.05) is 29.8 Å². The lowest BCUT2D eigenvalue weighted by Crippen LogP contribution is -2.36. The molecule has 1 aliphatic heterocycles. The average Bonchev–Trinajstić information content (AvgIpc) is 3.18. The van der Waals surface area contributed by atoms with Crippen LogP contribution < -0.4 is 19.5 Å². The van der Waals surface area contributed by atoms with Crippen molar-refractivity contribution >= 4 is 56.5 Å². The van der Waals surface area contributed by atoms with Crippen molar-refractivity contribution in [2.24, 2.45) is 0 Å². The van der Waals surface area contributed by atoms with Crippen LogP contribution in [0.2, 0.25) is 0 Å². The Balaban J connectivity index is 1.45. The molecule has 1 aliphatic rings. The predicted molar refractivity (Wildman–Crippen MR) is 160 cm³/mol. The standard InChI is InChI=1S/C30H29BrN2O6S/c1-4-37-23-12-10-22(11-13-23)32-27(34)17-33-29(35)26(40-30(33)36)16-21-14-24(31)28(25(15-21)38-5-2)39-18-20-8-6-19(3)7-9-20/h6-16H,4-5,17-18H2,1-3H3,(H,32,34)/b26-16+. The Morgan fingerprint density at radius 1 is 0.975 bits per heavy atom. The summed E-state index contributed by atoms with van der Waals surface area (Å²) in [5.74, 6) is 0.708. The molecule has 0 aliphatic carbocycles. The molecule has 208 valence electrons. The van der Waals surface area contributed by atoms with Crippen LogP contribution in [0.15, 0.2) is 70.0 Å². The van der Waals surface area contributed by atoms with Gasteiger partial charge in [0.15, 0.2) is 11.5 Å². The molecule has 10 heteroatoms. The van der Waals surface area contributed by atoms with Crippen molar-refractivity contribution in [3.8, 4) is 17.2 Å². The number of benzene rings is 3. The summed E-state index contributed by atoms with van der Waals surface area (Å²) in [6.07, 6.45) is 1.60. The van der Waals surface area contributed by atoms with Gasteiger partial charge in [-0.25, -0.2) is 0 Å². The van der Waals surface area contributed by atoms with E-state index in [0.29, 0.717) is 52.8 Å². The number of hydrogen-bond acceptors (Lipinski definition) is 7. The molecule has 0 aromatic heterocycles. The molecule has 3 aromatic carbocycles. The SMILES string of the molecule is CCOc1ccc(NC(=O)CN2C(=O)S/C(=C/c3cc(Br)c(OCc4ccc(C)cc4)c(OCC)c3)C2=O)cc1. The minimum atomic E-state index is -0.536. The van der Waals surface area contributed by atoms with Crippen LogP contribution in [0.4, 0.5) is 10.5 Å². The lowest BCUT2D eigenvalue weighted by Gasteiger charge is -2.15. The summed E-state index contributed by atoms with van der Waals surface area (Å²) in [4.78, 5) is 39.3. The van der Waals surface area contributed by atoms with E-state index in [1.807, 2.05) is 45.0 Å². The third kappa shape index (κ3) is 7.45. The number of carbonyl (C=O) groups is 3. The number of imide groups is 1. The fourth-order valence-corrected chi connectivity index (χ4v) is 5.26. The lowest BCUT2D eigenvalue weighted by atomic mass is 10.1. The van der Waals surface area contributed by atoms with E-state index in [-0.39, 0.29) is 4.91 Å². The molecule has 1 heterocycles. The number of aryl methyl sites for hydroxylation is 1. The van der Waals surface area contributed by atoms with Gasteiger partial charge in [-0.2, -0.15) is 0 Å². The Kier molecular flexibility index (Phi) is 9.89. The van der Waals surface area contributed by atoms with Crippen molar-refractivity contribution in [3.63, 3.8) is 0 Å². The number of anilines is 1. The zero-order chi connectivity index (χ0) is 28.6. The monoisotopic (exact) mass is 624 g/mol. The Morgan fingerprint density at radius 2 is 1.68 bits per heavy atom. The molecular formula is C30H29BrN2O6S. The number of carbonyl (C=O) groups excluding carboxylic acids is 3. The zero-order valence-electron chi connectivity index (χ0n) is 22.4. The number of rotatable bonds is 11. The van der Waals surface area contributed by atoms with E-state index in [2.05, 4.69) is 21.2 Å². The van der Waals surface area contributed by atoms with Crippen molar-refractivity contribution in [2.75, 3.05) is 25.1 Å². The minimum Gasteiger partial charge on any atom is -0.494 e. The summed E-state index contributed by atoms with van der Waals surface area (Å²) in [5.41, 5.74) is 3.36. The van der Waals surface area contributed by atoms with Crippen LogP contribution in [0.1, 0.15) is 30.5 Å². The summed E-state index contributed by atoms with van der Waals surface area (Å²) in [7, 11) is 0. The van der Waals surface area contributed by atoms with Crippen molar-refractivity contribution < 1.29 is 28.6 Å². The molecule has 8 nitrogen and oxygen atoms in total. The highest BCUT2D eigenvalue weighted by atomic mass is 79.9. The maximum Gasteiger partial charge on any atom is 0.294 e. The second-order valence-corrected chi connectivity index (χ2v) is 10.7. The van der Waals surface area contributed by atoms with Gasteiger partial charge in [-0.05, 0) is 102 Å². The van der Waals surface area contributed by atoms with Gasteiger partial charge in [0.2, 0.25) is 5.91 Å². The summed E-state index contributed by atoms with van der Waals surface area (Å²) >= 11 is 4.34. The number of nitrogens with one attached hydrogen (secondary N) is 1. The second-order valence-electron chi connectivity index (χ2n) is 8.81. The Hall–Kier alpha value is -3.76. The summed E-state index contributed by atoms with van der Waals surface area (Å²) in [6.45, 7) is 6.69. The molecule has 0 radical (unpaired) electrons. The molecule has 0 unspecified atom stereocenters. The van der Waals surface area contributed by atoms with E-state index in [4.69, 9.17) is 14.2 Å². The van der Waals surface area contributed by atoms with Crippen LogP contribution in [0.25, 0.3) is 6.08 Å². The van der Waals surface area contributed by atoms with Crippen molar-refractivity contribution in [2.45, 2.75) is 27.4 Å². The fourth-order valence-electron chi connectivity index (χ4n) is 3.85. The fraction of sp³-hybridized carbons (Fsp3) is 0.233. The van der Waals surface area contributed by atoms with E-state index in [9.17, 15) is 14.4 Å². The Morgan fingerprint density at radius 3 is 2.35 bits per heavy atom. The number of ether oxygens (including phenoxy) is 3. The van der Waals surface area contributed by atoms with Crippen LogP contribution in [-0.4, -0.2) is 41.7 Å². The molecule has 3 amide bonds. The number of nitrogens with zero attached hydrogens (tertiary/aromatic N) is 1. The van der Waals surface area contributed by atoms with Gasteiger partial charge in [-0.3, -0.25) is 19.3 Å². The summed E-state index contributed by atoms with van der Waals surface area (Å²) in [6, 6.07) is 18.5. The summed E-state index contributed by atoms with van der Waals surface area (Å²) < 4.78 is 17.9. The number of amides is 3. The summed E-state index contributed by atoms with van der Waals surface area (Å²) in [5, 5.41) is 2.19. The first-order chi connectivity index (χ1) is 19.3. The highest BCUT2D eigenvalue weighted by molar-refractivity contribution is 9.10. The first kappa shape index (κ1) is 29.2. The third-order valence-corrected chi connectivity index (χ3v) is 7.25. The van der Waals surface area contributed by atoms with Gasteiger partial charge in [0.1, 0.15) is 18.9 Å². The van der Waals surface area contributed by atoms with Gasteiger partial charge in [0.05, 0.1) is 22.6 Å². The van der Waals surface area contributed by atoms with Gasteiger partial charge in [-0.15, -0.1) is 0 Å². The molecule has 0 bridgehead atoms. The molecule has 3 aromatic rings. The molecule has 0 atom stereocenters. The molecule has 1 fully saturated rings. The van der Waals surface area contributed by atoms with Crippen LogP contribution in [0.3, 0.4) is 0 Å². The van der Waals surface area contributed by atoms with Gasteiger partial charge in [0.25, 0.3) is 11.1 Å². The number of halogens is 1.